The Morgan fingerprint density at radius 3 is 3.06 bits per heavy atom. The molecule has 0 radical (unpaired) electrons. The Morgan fingerprint density at radius 2 is 2.38 bits per heavy atom. The molecule has 0 atom stereocenters. The van der Waals surface area contributed by atoms with Crippen molar-refractivity contribution in [2.75, 3.05) is 7.11 Å². The van der Waals surface area contributed by atoms with Gasteiger partial charge in [0.25, 0.3) is 0 Å². The standard InChI is InChI=1S/C10H13N3O3/c1-15-6-10-2-8(12-16-10)3-13-4-9(5-14)11-7-13/h2,4,7,14H,3,5-6H2,1H3. The lowest BCUT2D eigenvalue weighted by molar-refractivity contribution is 0.155. The number of ether oxygens (including phenoxy) is 1. The van der Waals surface area contributed by atoms with Gasteiger partial charge in [0.15, 0.2) is 5.76 Å². The molecule has 0 fully saturated rings. The number of hydrogen-bond donors (Lipinski definition) is 1. The maximum atomic E-state index is 8.86. The zero-order valence-corrected chi connectivity index (χ0v) is 8.96. The van der Waals surface area contributed by atoms with Gasteiger partial charge in [-0.1, -0.05) is 5.16 Å². The molecule has 0 aromatic carbocycles. The Kier molecular flexibility index (Phi) is 3.33. The molecule has 0 spiro atoms. The average Bonchev–Trinajstić information content (AvgIpc) is 2.89. The van der Waals surface area contributed by atoms with Crippen LogP contribution >= 0.6 is 0 Å². The summed E-state index contributed by atoms with van der Waals surface area (Å²) in [5.74, 6) is 0.694. The van der Waals surface area contributed by atoms with Gasteiger partial charge < -0.3 is 18.9 Å². The molecule has 0 aliphatic rings. The van der Waals surface area contributed by atoms with E-state index in [1.165, 1.54) is 0 Å². The molecule has 0 unspecified atom stereocenters. The van der Waals surface area contributed by atoms with Crippen LogP contribution in [0.25, 0.3) is 0 Å². The zero-order chi connectivity index (χ0) is 11.4. The van der Waals surface area contributed by atoms with Gasteiger partial charge in [0.05, 0.1) is 25.2 Å². The van der Waals surface area contributed by atoms with Crippen molar-refractivity contribution in [3.05, 3.63) is 35.7 Å². The summed E-state index contributed by atoms with van der Waals surface area (Å²) < 4.78 is 11.8. The van der Waals surface area contributed by atoms with E-state index >= 15 is 0 Å². The fraction of sp³-hybridized carbons (Fsp3) is 0.400. The molecular weight excluding hydrogens is 210 g/mol. The monoisotopic (exact) mass is 223 g/mol. The van der Waals surface area contributed by atoms with E-state index in [4.69, 9.17) is 14.4 Å². The van der Waals surface area contributed by atoms with Gasteiger partial charge in [0.1, 0.15) is 12.3 Å². The van der Waals surface area contributed by atoms with Crippen molar-refractivity contribution in [1.29, 1.82) is 0 Å². The zero-order valence-electron chi connectivity index (χ0n) is 8.96. The third kappa shape index (κ3) is 2.47. The highest BCUT2D eigenvalue weighted by Gasteiger charge is 2.05. The minimum atomic E-state index is -0.0548. The molecular formula is C10H13N3O3. The maximum absolute atomic E-state index is 8.86. The number of aliphatic hydroxyl groups is 1. The first-order valence-corrected chi connectivity index (χ1v) is 4.86. The Labute approximate surface area is 92.5 Å². The lowest BCUT2D eigenvalue weighted by Gasteiger charge is -1.95. The van der Waals surface area contributed by atoms with E-state index in [1.807, 2.05) is 10.6 Å². The van der Waals surface area contributed by atoms with Crippen molar-refractivity contribution < 1.29 is 14.4 Å². The average molecular weight is 223 g/mol. The number of hydrogen-bond acceptors (Lipinski definition) is 5. The molecule has 2 rings (SSSR count). The third-order valence-corrected chi connectivity index (χ3v) is 2.09. The van der Waals surface area contributed by atoms with Crippen LogP contribution < -0.4 is 0 Å². The molecule has 0 saturated carbocycles. The Bertz CT molecular complexity index is 450. The summed E-state index contributed by atoms with van der Waals surface area (Å²) >= 11 is 0. The molecule has 16 heavy (non-hydrogen) atoms. The molecule has 0 amide bonds. The van der Waals surface area contributed by atoms with Crippen LogP contribution in [0.2, 0.25) is 0 Å². The predicted molar refractivity (Wildman–Crippen MR) is 54.5 cm³/mol. The van der Waals surface area contributed by atoms with Crippen LogP contribution in [0.4, 0.5) is 0 Å². The molecule has 0 aliphatic heterocycles. The number of methoxy groups -OCH3 is 1. The minimum Gasteiger partial charge on any atom is -0.390 e. The Balaban J connectivity index is 2.02. The van der Waals surface area contributed by atoms with Crippen LogP contribution in [-0.2, 0) is 24.5 Å². The molecule has 6 heteroatoms. The lowest BCUT2D eigenvalue weighted by atomic mass is 10.3. The molecule has 0 bridgehead atoms. The highest BCUT2D eigenvalue weighted by atomic mass is 16.5. The van der Waals surface area contributed by atoms with Gasteiger partial charge in [-0.3, -0.25) is 0 Å². The van der Waals surface area contributed by atoms with Crippen molar-refractivity contribution in [3.8, 4) is 0 Å². The van der Waals surface area contributed by atoms with Gasteiger partial charge in [-0.25, -0.2) is 4.98 Å². The van der Waals surface area contributed by atoms with Gasteiger partial charge in [-0.05, 0) is 0 Å². The van der Waals surface area contributed by atoms with Crippen molar-refractivity contribution >= 4 is 0 Å². The largest absolute Gasteiger partial charge is 0.390 e. The molecule has 1 N–H and O–H groups in total. The normalized spacial score (nSPS) is 10.9. The SMILES string of the molecule is COCc1cc(Cn2cnc(CO)c2)no1. The van der Waals surface area contributed by atoms with Crippen LogP contribution in [0.1, 0.15) is 17.1 Å². The highest BCUT2D eigenvalue weighted by molar-refractivity contribution is 5.06. The fourth-order valence-corrected chi connectivity index (χ4v) is 1.40. The molecule has 86 valence electrons. The fourth-order valence-electron chi connectivity index (χ4n) is 1.40. The molecule has 0 saturated heterocycles. The van der Waals surface area contributed by atoms with Crippen LogP contribution in [0.3, 0.4) is 0 Å². The van der Waals surface area contributed by atoms with Gasteiger partial charge >= 0.3 is 0 Å². The summed E-state index contributed by atoms with van der Waals surface area (Å²) in [6.45, 7) is 0.930. The molecule has 6 nitrogen and oxygen atoms in total. The minimum absolute atomic E-state index is 0.0548. The third-order valence-electron chi connectivity index (χ3n) is 2.09. The van der Waals surface area contributed by atoms with Gasteiger partial charge in [0.2, 0.25) is 0 Å². The lowest BCUT2D eigenvalue weighted by Crippen LogP contribution is -1.96. The quantitative estimate of drug-likeness (QED) is 0.801. The first kappa shape index (κ1) is 10.8. The van der Waals surface area contributed by atoms with Crippen molar-refractivity contribution in [2.24, 2.45) is 0 Å². The van der Waals surface area contributed by atoms with E-state index < -0.39 is 0 Å². The van der Waals surface area contributed by atoms with Crippen LogP contribution in [0, 0.1) is 0 Å². The summed E-state index contributed by atoms with van der Waals surface area (Å²) in [7, 11) is 1.60. The number of aliphatic hydroxyl groups excluding tert-OH is 1. The summed E-state index contributed by atoms with van der Waals surface area (Å²) in [5.41, 5.74) is 1.44. The van der Waals surface area contributed by atoms with E-state index in [0.29, 0.717) is 24.6 Å². The van der Waals surface area contributed by atoms with Gasteiger partial charge in [-0.2, -0.15) is 0 Å². The summed E-state index contributed by atoms with van der Waals surface area (Å²) in [6.07, 6.45) is 3.42. The van der Waals surface area contributed by atoms with Crippen LogP contribution in [-0.4, -0.2) is 26.9 Å². The van der Waals surface area contributed by atoms with Crippen LogP contribution in [0.5, 0.6) is 0 Å². The van der Waals surface area contributed by atoms with Gasteiger partial charge in [0, 0.05) is 19.4 Å². The Hall–Kier alpha value is -1.66. The second kappa shape index (κ2) is 4.91. The number of imidazole rings is 1. The van der Waals surface area contributed by atoms with Gasteiger partial charge in [-0.15, -0.1) is 0 Å². The molecule has 2 aromatic heterocycles. The number of aromatic nitrogens is 3. The maximum Gasteiger partial charge on any atom is 0.162 e. The van der Waals surface area contributed by atoms with E-state index in [2.05, 4.69) is 10.1 Å². The summed E-state index contributed by atoms with van der Waals surface area (Å²) in [6, 6.07) is 1.84. The van der Waals surface area contributed by atoms with E-state index in [-0.39, 0.29) is 6.61 Å². The van der Waals surface area contributed by atoms with Crippen molar-refractivity contribution in [3.63, 3.8) is 0 Å². The number of rotatable bonds is 5. The molecule has 0 aliphatic carbocycles. The molecule has 2 heterocycles. The smallest absolute Gasteiger partial charge is 0.162 e. The van der Waals surface area contributed by atoms with E-state index in [0.717, 1.165) is 5.69 Å². The second-order valence-corrected chi connectivity index (χ2v) is 3.41. The van der Waals surface area contributed by atoms with Crippen molar-refractivity contribution in [1.82, 2.24) is 14.7 Å². The van der Waals surface area contributed by atoms with E-state index in [1.54, 1.807) is 19.6 Å². The second-order valence-electron chi connectivity index (χ2n) is 3.41. The first-order chi connectivity index (χ1) is 7.81. The topological polar surface area (TPSA) is 73.3 Å². The van der Waals surface area contributed by atoms with E-state index in [9.17, 15) is 0 Å². The first-order valence-electron chi connectivity index (χ1n) is 4.86. The summed E-state index contributed by atoms with van der Waals surface area (Å²) in [5, 5.41) is 12.8. The summed E-state index contributed by atoms with van der Waals surface area (Å²) in [4.78, 5) is 4.00. The highest BCUT2D eigenvalue weighted by Crippen LogP contribution is 2.07. The van der Waals surface area contributed by atoms with Crippen molar-refractivity contribution in [2.45, 2.75) is 19.8 Å². The number of nitrogens with zero attached hydrogens (tertiary/aromatic N) is 3. The predicted octanol–water partition coefficient (Wildman–Crippen LogP) is 0.558. The molecule has 2 aromatic rings. The Morgan fingerprint density at radius 1 is 1.50 bits per heavy atom. The van der Waals surface area contributed by atoms with Crippen LogP contribution in [0.15, 0.2) is 23.1 Å².